The minimum Gasteiger partial charge on any atom is -0.392 e. The van der Waals surface area contributed by atoms with Gasteiger partial charge in [-0.2, -0.15) is 0 Å². The van der Waals surface area contributed by atoms with Crippen molar-refractivity contribution in [1.29, 1.82) is 0 Å². The fourth-order valence-electron chi connectivity index (χ4n) is 2.40. The summed E-state index contributed by atoms with van der Waals surface area (Å²) in [5, 5.41) is 9.03. The highest BCUT2D eigenvalue weighted by Gasteiger charge is 2.30. The minimum absolute atomic E-state index is 0.0338. The van der Waals surface area contributed by atoms with Crippen LogP contribution in [0.5, 0.6) is 0 Å². The first-order valence-corrected chi connectivity index (χ1v) is 6.17. The second kappa shape index (κ2) is 5.07. The third-order valence-corrected chi connectivity index (χ3v) is 3.64. The van der Waals surface area contributed by atoms with E-state index in [-0.39, 0.29) is 12.2 Å². The first-order valence-electron chi connectivity index (χ1n) is 6.17. The molecule has 1 atom stereocenters. The van der Waals surface area contributed by atoms with Crippen LogP contribution in [0, 0.1) is 0 Å². The molecule has 0 saturated carbocycles. The van der Waals surface area contributed by atoms with E-state index in [4.69, 9.17) is 9.84 Å². The maximum absolute atomic E-state index is 9.03. The number of ether oxygens (including phenoxy) is 1. The van der Waals surface area contributed by atoms with Crippen molar-refractivity contribution in [2.24, 2.45) is 0 Å². The van der Waals surface area contributed by atoms with Crippen molar-refractivity contribution >= 4 is 5.69 Å². The molecule has 0 bridgehead atoms. The molecule has 3 nitrogen and oxygen atoms in total. The standard InChI is InChI=1S/C14H21NO2/c1-14(17-2)8-3-9-15(11-14)13-6-4-12(10-16)5-7-13/h4-7,16H,3,8-11H2,1-2H3. The van der Waals surface area contributed by atoms with Gasteiger partial charge in [-0.1, -0.05) is 12.1 Å². The third-order valence-electron chi connectivity index (χ3n) is 3.64. The predicted octanol–water partition coefficient (Wildman–Crippen LogP) is 2.18. The van der Waals surface area contributed by atoms with Gasteiger partial charge in [-0.3, -0.25) is 0 Å². The predicted molar refractivity (Wildman–Crippen MR) is 69.2 cm³/mol. The molecule has 3 heteroatoms. The summed E-state index contributed by atoms with van der Waals surface area (Å²) in [5.41, 5.74) is 2.14. The average Bonchev–Trinajstić information content (AvgIpc) is 2.39. The van der Waals surface area contributed by atoms with Crippen LogP contribution in [0.4, 0.5) is 5.69 Å². The van der Waals surface area contributed by atoms with Crippen molar-refractivity contribution in [2.75, 3.05) is 25.1 Å². The monoisotopic (exact) mass is 235 g/mol. The highest BCUT2D eigenvalue weighted by molar-refractivity contribution is 5.48. The molecule has 0 radical (unpaired) electrons. The van der Waals surface area contributed by atoms with E-state index in [9.17, 15) is 0 Å². The van der Waals surface area contributed by atoms with Crippen molar-refractivity contribution in [3.63, 3.8) is 0 Å². The molecule has 94 valence electrons. The average molecular weight is 235 g/mol. The molecule has 0 amide bonds. The van der Waals surface area contributed by atoms with E-state index in [1.165, 1.54) is 5.69 Å². The molecular formula is C14H21NO2. The number of methoxy groups -OCH3 is 1. The van der Waals surface area contributed by atoms with Crippen LogP contribution in [-0.4, -0.2) is 30.9 Å². The summed E-state index contributed by atoms with van der Waals surface area (Å²) < 4.78 is 5.59. The molecular weight excluding hydrogens is 214 g/mol. The van der Waals surface area contributed by atoms with Gasteiger partial charge in [-0.05, 0) is 37.5 Å². The summed E-state index contributed by atoms with van der Waals surface area (Å²) in [5.74, 6) is 0. The van der Waals surface area contributed by atoms with Crippen LogP contribution < -0.4 is 4.90 Å². The summed E-state index contributed by atoms with van der Waals surface area (Å²) in [4.78, 5) is 2.36. The number of aliphatic hydroxyl groups is 1. The summed E-state index contributed by atoms with van der Waals surface area (Å²) in [6.07, 6.45) is 2.28. The van der Waals surface area contributed by atoms with Crippen molar-refractivity contribution in [3.05, 3.63) is 29.8 Å². The first kappa shape index (κ1) is 12.4. The van der Waals surface area contributed by atoms with Gasteiger partial charge >= 0.3 is 0 Å². The van der Waals surface area contributed by atoms with Gasteiger partial charge in [0, 0.05) is 25.9 Å². The molecule has 0 aromatic heterocycles. The zero-order chi connectivity index (χ0) is 12.3. The molecule has 2 rings (SSSR count). The highest BCUT2D eigenvalue weighted by atomic mass is 16.5. The summed E-state index contributed by atoms with van der Waals surface area (Å²) in [6, 6.07) is 8.11. The summed E-state index contributed by atoms with van der Waals surface area (Å²) >= 11 is 0. The van der Waals surface area contributed by atoms with Crippen LogP contribution in [0.2, 0.25) is 0 Å². The van der Waals surface area contributed by atoms with Gasteiger partial charge in [-0.25, -0.2) is 0 Å². The van der Waals surface area contributed by atoms with Crippen molar-refractivity contribution in [3.8, 4) is 0 Å². The fourth-order valence-corrected chi connectivity index (χ4v) is 2.40. The molecule has 1 aromatic carbocycles. The molecule has 1 saturated heterocycles. The summed E-state index contributed by atoms with van der Waals surface area (Å²) in [7, 11) is 1.79. The van der Waals surface area contributed by atoms with E-state index in [2.05, 4.69) is 24.0 Å². The van der Waals surface area contributed by atoms with Gasteiger partial charge in [0.2, 0.25) is 0 Å². The van der Waals surface area contributed by atoms with Gasteiger partial charge < -0.3 is 14.7 Å². The number of anilines is 1. The maximum Gasteiger partial charge on any atom is 0.0825 e. The molecule has 1 heterocycles. The molecule has 1 aromatic rings. The Morgan fingerprint density at radius 2 is 2.06 bits per heavy atom. The normalized spacial score (nSPS) is 25.0. The van der Waals surface area contributed by atoms with E-state index >= 15 is 0 Å². The first-order chi connectivity index (χ1) is 8.17. The van der Waals surface area contributed by atoms with Gasteiger partial charge in [-0.15, -0.1) is 0 Å². The number of rotatable bonds is 3. The number of aliphatic hydroxyl groups excluding tert-OH is 1. The van der Waals surface area contributed by atoms with Gasteiger partial charge in [0.05, 0.1) is 12.2 Å². The number of piperidine rings is 1. The Morgan fingerprint density at radius 3 is 2.65 bits per heavy atom. The number of nitrogens with zero attached hydrogens (tertiary/aromatic N) is 1. The lowest BCUT2D eigenvalue weighted by molar-refractivity contribution is -0.00465. The van der Waals surface area contributed by atoms with Crippen LogP contribution in [0.25, 0.3) is 0 Å². The van der Waals surface area contributed by atoms with E-state index in [0.29, 0.717) is 0 Å². The number of hydrogen-bond donors (Lipinski definition) is 1. The Labute approximate surface area is 103 Å². The lowest BCUT2D eigenvalue weighted by atomic mass is 9.94. The lowest BCUT2D eigenvalue weighted by Crippen LogP contribution is -2.47. The Bertz CT molecular complexity index is 363. The van der Waals surface area contributed by atoms with Gasteiger partial charge in [0.1, 0.15) is 0 Å². The second-order valence-electron chi connectivity index (χ2n) is 5.00. The fraction of sp³-hybridized carbons (Fsp3) is 0.571. The maximum atomic E-state index is 9.03. The quantitative estimate of drug-likeness (QED) is 0.871. The minimum atomic E-state index is -0.0338. The topological polar surface area (TPSA) is 32.7 Å². The SMILES string of the molecule is COC1(C)CCCN(c2ccc(CO)cc2)C1. The van der Waals surface area contributed by atoms with E-state index in [1.807, 2.05) is 12.1 Å². The molecule has 1 aliphatic rings. The van der Waals surface area contributed by atoms with Crippen molar-refractivity contribution in [1.82, 2.24) is 0 Å². The lowest BCUT2D eigenvalue weighted by Gasteiger charge is -2.40. The largest absolute Gasteiger partial charge is 0.392 e. The van der Waals surface area contributed by atoms with Crippen LogP contribution in [-0.2, 0) is 11.3 Å². The second-order valence-corrected chi connectivity index (χ2v) is 5.00. The number of hydrogen-bond acceptors (Lipinski definition) is 3. The van der Waals surface area contributed by atoms with Crippen LogP contribution in [0.3, 0.4) is 0 Å². The molecule has 1 N–H and O–H groups in total. The van der Waals surface area contributed by atoms with Crippen LogP contribution in [0.1, 0.15) is 25.3 Å². The van der Waals surface area contributed by atoms with Gasteiger partial charge in [0.15, 0.2) is 0 Å². The van der Waals surface area contributed by atoms with Crippen LogP contribution in [0.15, 0.2) is 24.3 Å². The number of benzene rings is 1. The molecule has 17 heavy (non-hydrogen) atoms. The van der Waals surface area contributed by atoms with E-state index in [1.54, 1.807) is 7.11 Å². The summed E-state index contributed by atoms with van der Waals surface area (Å²) in [6.45, 7) is 4.29. The molecule has 0 spiro atoms. The zero-order valence-corrected chi connectivity index (χ0v) is 10.6. The molecule has 1 aliphatic heterocycles. The van der Waals surface area contributed by atoms with Crippen LogP contribution >= 0.6 is 0 Å². The van der Waals surface area contributed by atoms with Crippen molar-refractivity contribution in [2.45, 2.75) is 32.0 Å². The zero-order valence-electron chi connectivity index (χ0n) is 10.6. The Balaban J connectivity index is 2.10. The smallest absolute Gasteiger partial charge is 0.0825 e. The Kier molecular flexibility index (Phi) is 3.69. The molecule has 1 fully saturated rings. The van der Waals surface area contributed by atoms with Gasteiger partial charge in [0.25, 0.3) is 0 Å². The molecule has 0 aliphatic carbocycles. The van der Waals surface area contributed by atoms with E-state index in [0.717, 1.165) is 31.5 Å². The van der Waals surface area contributed by atoms with E-state index < -0.39 is 0 Å². The Morgan fingerprint density at radius 1 is 1.35 bits per heavy atom. The Hall–Kier alpha value is -1.06. The van der Waals surface area contributed by atoms with Crippen molar-refractivity contribution < 1.29 is 9.84 Å². The molecule has 1 unspecified atom stereocenters. The highest BCUT2D eigenvalue weighted by Crippen LogP contribution is 2.28. The third kappa shape index (κ3) is 2.79.